The minimum absolute atomic E-state index is 0.0277. The zero-order chi connectivity index (χ0) is 19.0. The van der Waals surface area contributed by atoms with Crippen LogP contribution in [0.15, 0.2) is 30.5 Å². The van der Waals surface area contributed by atoms with Crippen LogP contribution >= 0.6 is 0 Å². The van der Waals surface area contributed by atoms with Crippen LogP contribution in [0, 0.1) is 5.92 Å². The minimum atomic E-state index is -3.51. The normalized spacial score (nSPS) is 22.7. The molecule has 0 saturated heterocycles. The molecule has 2 unspecified atom stereocenters. The number of rotatable bonds is 6. The van der Waals surface area contributed by atoms with Gasteiger partial charge in [-0.2, -0.15) is 8.42 Å². The average Bonchev–Trinajstić information content (AvgIpc) is 3.37. The van der Waals surface area contributed by atoms with E-state index < -0.39 is 16.2 Å². The number of carbonyl (C=O) groups is 1. The lowest BCUT2D eigenvalue weighted by molar-refractivity contribution is -0.117. The number of pyridine rings is 1. The van der Waals surface area contributed by atoms with Gasteiger partial charge in [0.05, 0.1) is 6.26 Å². The predicted octanol–water partition coefficient (Wildman–Crippen LogP) is 2.86. The second kappa shape index (κ2) is 7.09. The van der Waals surface area contributed by atoms with Crippen molar-refractivity contribution in [3.63, 3.8) is 0 Å². The Morgan fingerprint density at radius 3 is 2.63 bits per heavy atom. The molecule has 1 heterocycles. The van der Waals surface area contributed by atoms with Gasteiger partial charge in [0.2, 0.25) is 5.91 Å². The van der Waals surface area contributed by atoms with E-state index in [1.165, 1.54) is 0 Å². The molecule has 1 N–H and O–H groups in total. The van der Waals surface area contributed by atoms with Crippen LogP contribution in [0.5, 0.6) is 5.75 Å². The number of carbonyl (C=O) groups excluding carboxylic acids is 1. The number of hydrogen-bond donors (Lipinski definition) is 1. The maximum absolute atomic E-state index is 11.9. The molecule has 2 aliphatic carbocycles. The first kappa shape index (κ1) is 18.2. The fourth-order valence-electron chi connectivity index (χ4n) is 3.37. The van der Waals surface area contributed by atoms with Crippen LogP contribution in [0.25, 0.3) is 10.8 Å². The monoisotopic (exact) mass is 390 g/mol. The van der Waals surface area contributed by atoms with Gasteiger partial charge < -0.3 is 10.1 Å². The van der Waals surface area contributed by atoms with E-state index in [-0.39, 0.29) is 17.9 Å². The lowest BCUT2D eigenvalue weighted by Gasteiger charge is -2.20. The Kier molecular flexibility index (Phi) is 4.77. The van der Waals surface area contributed by atoms with Crippen molar-refractivity contribution in [2.45, 2.75) is 44.3 Å². The number of fused-ring (bicyclic) bond motifs is 1. The smallest absolute Gasteiger partial charge is 0.264 e. The number of aromatic nitrogens is 1. The molecular formula is C19H22N2O5S. The molecule has 27 heavy (non-hydrogen) atoms. The molecule has 7 nitrogen and oxygen atoms in total. The maximum atomic E-state index is 11.9. The molecule has 2 aromatic rings. The SMILES string of the molecule is CS(=O)(=O)OC1CCCC1Oc1ccc2cc(NC(=O)C3CC3)ncc2c1. The molecule has 2 aliphatic rings. The van der Waals surface area contributed by atoms with Crippen LogP contribution < -0.4 is 10.1 Å². The zero-order valence-corrected chi connectivity index (χ0v) is 15.9. The Morgan fingerprint density at radius 1 is 1.11 bits per heavy atom. The molecule has 2 fully saturated rings. The molecule has 0 radical (unpaired) electrons. The number of nitrogens with zero attached hydrogens (tertiary/aromatic N) is 1. The average molecular weight is 390 g/mol. The summed E-state index contributed by atoms with van der Waals surface area (Å²) >= 11 is 0. The Balaban J connectivity index is 1.47. The highest BCUT2D eigenvalue weighted by Gasteiger charge is 2.33. The van der Waals surface area contributed by atoms with Crippen LogP contribution in [-0.2, 0) is 19.1 Å². The standard InChI is InChI=1S/C19H22N2O5S/c1-27(23,24)26-17-4-2-3-16(17)25-15-8-7-13-10-18(20-11-14(13)9-15)21-19(22)12-5-6-12/h7-12,16-17H,2-6H2,1H3,(H,20,21,22). The largest absolute Gasteiger partial charge is 0.488 e. The Hall–Kier alpha value is -2.19. The van der Waals surface area contributed by atoms with Gasteiger partial charge in [-0.15, -0.1) is 0 Å². The summed E-state index contributed by atoms with van der Waals surface area (Å²) in [5, 5.41) is 4.67. The van der Waals surface area contributed by atoms with Gasteiger partial charge in [-0.1, -0.05) is 6.07 Å². The van der Waals surface area contributed by atoms with Crippen molar-refractivity contribution in [2.75, 3.05) is 11.6 Å². The second-order valence-corrected chi connectivity index (χ2v) is 8.87. The predicted molar refractivity (Wildman–Crippen MR) is 101 cm³/mol. The third-order valence-electron chi connectivity index (χ3n) is 4.87. The minimum Gasteiger partial charge on any atom is -0.488 e. The molecule has 1 aromatic carbocycles. The van der Waals surface area contributed by atoms with Crippen LogP contribution in [0.2, 0.25) is 0 Å². The zero-order valence-electron chi connectivity index (χ0n) is 15.1. The molecule has 0 spiro atoms. The van der Waals surface area contributed by atoms with E-state index in [0.717, 1.165) is 42.7 Å². The van der Waals surface area contributed by atoms with Gasteiger partial charge in [0.25, 0.3) is 10.1 Å². The molecule has 2 saturated carbocycles. The van der Waals surface area contributed by atoms with Gasteiger partial charge in [0, 0.05) is 17.5 Å². The lowest BCUT2D eigenvalue weighted by atomic mass is 10.1. The van der Waals surface area contributed by atoms with Crippen molar-refractivity contribution in [2.24, 2.45) is 5.92 Å². The van der Waals surface area contributed by atoms with E-state index >= 15 is 0 Å². The molecule has 0 aliphatic heterocycles. The van der Waals surface area contributed by atoms with Crippen molar-refractivity contribution < 1.29 is 22.1 Å². The summed E-state index contributed by atoms with van der Waals surface area (Å²) in [6.45, 7) is 0. The molecule has 8 heteroatoms. The van der Waals surface area contributed by atoms with E-state index in [2.05, 4.69) is 10.3 Å². The van der Waals surface area contributed by atoms with Crippen molar-refractivity contribution in [1.82, 2.24) is 4.98 Å². The highest BCUT2D eigenvalue weighted by Crippen LogP contribution is 2.31. The number of ether oxygens (including phenoxy) is 1. The maximum Gasteiger partial charge on any atom is 0.264 e. The number of amides is 1. The third kappa shape index (κ3) is 4.56. The highest BCUT2D eigenvalue weighted by molar-refractivity contribution is 7.86. The first-order valence-corrected chi connectivity index (χ1v) is 10.9. The second-order valence-electron chi connectivity index (χ2n) is 7.27. The molecule has 2 atom stereocenters. The number of benzene rings is 1. The molecule has 144 valence electrons. The molecular weight excluding hydrogens is 368 g/mol. The first-order chi connectivity index (χ1) is 12.9. The van der Waals surface area contributed by atoms with Gasteiger partial charge in [-0.25, -0.2) is 4.98 Å². The van der Waals surface area contributed by atoms with Crippen LogP contribution in [0.3, 0.4) is 0 Å². The van der Waals surface area contributed by atoms with Crippen molar-refractivity contribution in [3.05, 3.63) is 30.5 Å². The number of hydrogen-bond acceptors (Lipinski definition) is 6. The van der Waals surface area contributed by atoms with Gasteiger partial charge in [-0.05, 0) is 55.7 Å². The molecule has 4 rings (SSSR count). The summed E-state index contributed by atoms with van der Waals surface area (Å²) < 4.78 is 33.9. The fraction of sp³-hybridized carbons (Fsp3) is 0.474. The van der Waals surface area contributed by atoms with E-state index in [1.54, 1.807) is 6.20 Å². The van der Waals surface area contributed by atoms with Gasteiger partial charge in [0.15, 0.2) is 0 Å². The number of anilines is 1. The molecule has 0 bridgehead atoms. The summed E-state index contributed by atoms with van der Waals surface area (Å²) in [5.74, 6) is 1.35. The van der Waals surface area contributed by atoms with E-state index in [0.29, 0.717) is 18.0 Å². The third-order valence-corrected chi connectivity index (χ3v) is 5.47. The van der Waals surface area contributed by atoms with Crippen molar-refractivity contribution in [3.8, 4) is 5.75 Å². The van der Waals surface area contributed by atoms with Gasteiger partial charge in [-0.3, -0.25) is 8.98 Å². The summed E-state index contributed by atoms with van der Waals surface area (Å²) in [5.41, 5.74) is 0. The number of nitrogens with one attached hydrogen (secondary N) is 1. The van der Waals surface area contributed by atoms with Crippen LogP contribution in [-0.4, -0.2) is 37.8 Å². The molecule has 1 aromatic heterocycles. The Morgan fingerprint density at radius 2 is 1.89 bits per heavy atom. The van der Waals surface area contributed by atoms with Crippen LogP contribution in [0.1, 0.15) is 32.1 Å². The Labute approximate surface area is 158 Å². The van der Waals surface area contributed by atoms with Gasteiger partial charge in [0.1, 0.15) is 23.8 Å². The summed E-state index contributed by atoms with van der Waals surface area (Å²) in [6.07, 6.45) is 6.20. The quantitative estimate of drug-likeness (QED) is 0.762. The van der Waals surface area contributed by atoms with E-state index in [1.807, 2.05) is 24.3 Å². The van der Waals surface area contributed by atoms with Crippen molar-refractivity contribution in [1.29, 1.82) is 0 Å². The summed E-state index contributed by atoms with van der Waals surface area (Å²) in [4.78, 5) is 16.2. The Bertz CT molecular complexity index is 971. The summed E-state index contributed by atoms with van der Waals surface area (Å²) in [7, 11) is -3.51. The summed E-state index contributed by atoms with van der Waals surface area (Å²) in [6, 6.07) is 7.44. The first-order valence-electron chi connectivity index (χ1n) is 9.13. The topological polar surface area (TPSA) is 94.6 Å². The fourth-order valence-corrected chi connectivity index (χ4v) is 4.04. The van der Waals surface area contributed by atoms with E-state index in [9.17, 15) is 13.2 Å². The lowest BCUT2D eigenvalue weighted by Crippen LogP contribution is -2.30. The van der Waals surface area contributed by atoms with Crippen LogP contribution in [0.4, 0.5) is 5.82 Å². The van der Waals surface area contributed by atoms with E-state index in [4.69, 9.17) is 8.92 Å². The van der Waals surface area contributed by atoms with Gasteiger partial charge >= 0.3 is 0 Å². The molecule has 1 amide bonds. The van der Waals surface area contributed by atoms with Crippen molar-refractivity contribution >= 4 is 32.6 Å². The highest BCUT2D eigenvalue weighted by atomic mass is 32.2.